The van der Waals surface area contributed by atoms with Gasteiger partial charge in [-0.2, -0.15) is 23.5 Å². The van der Waals surface area contributed by atoms with E-state index in [1.165, 1.54) is 11.5 Å². The molecule has 3 aliphatic rings. The van der Waals surface area contributed by atoms with Gasteiger partial charge in [-0.05, 0) is 12.3 Å². The summed E-state index contributed by atoms with van der Waals surface area (Å²) in [5.74, 6) is 4.37. The van der Waals surface area contributed by atoms with E-state index >= 15 is 0 Å². The lowest BCUT2D eigenvalue weighted by Gasteiger charge is -2.34. The number of carbonyl (C=O) groups is 1. The number of carboxylic acid groups (broad SMARTS) is 1. The van der Waals surface area contributed by atoms with E-state index in [9.17, 15) is 9.90 Å². The van der Waals surface area contributed by atoms with Gasteiger partial charge in [0, 0.05) is 48.7 Å². The Morgan fingerprint density at radius 3 is 2.68 bits per heavy atom. The predicted octanol–water partition coefficient (Wildman–Crippen LogP) is 1.26. The molecule has 108 valence electrons. The van der Waals surface area contributed by atoms with Crippen LogP contribution in [0.5, 0.6) is 0 Å². The van der Waals surface area contributed by atoms with Gasteiger partial charge in [0.05, 0.1) is 6.61 Å². The second-order valence-electron chi connectivity index (χ2n) is 5.73. The fourth-order valence-corrected chi connectivity index (χ4v) is 6.05. The van der Waals surface area contributed by atoms with Gasteiger partial charge in [0.1, 0.15) is 5.41 Å². The minimum atomic E-state index is -0.659. The summed E-state index contributed by atoms with van der Waals surface area (Å²) in [4.78, 5) is 14.2. The molecule has 6 heteroatoms. The van der Waals surface area contributed by atoms with Crippen molar-refractivity contribution in [1.29, 1.82) is 0 Å². The Kier molecular flexibility index (Phi) is 4.31. The third-order valence-corrected chi connectivity index (χ3v) is 7.11. The molecule has 3 rings (SSSR count). The van der Waals surface area contributed by atoms with Crippen LogP contribution in [0.1, 0.15) is 6.42 Å². The third kappa shape index (κ3) is 2.64. The highest BCUT2D eigenvalue weighted by Gasteiger charge is 2.55. The minimum absolute atomic E-state index is 0.275. The molecule has 0 aromatic carbocycles. The molecule has 0 amide bonds. The van der Waals surface area contributed by atoms with Crippen LogP contribution in [0.25, 0.3) is 0 Å². The molecule has 3 fully saturated rings. The topological polar surface area (TPSA) is 49.8 Å². The molecule has 0 spiro atoms. The van der Waals surface area contributed by atoms with E-state index < -0.39 is 11.4 Å². The van der Waals surface area contributed by atoms with E-state index in [0.717, 1.165) is 31.1 Å². The molecule has 0 bridgehead atoms. The fraction of sp³-hybridized carbons (Fsp3) is 0.923. The fourth-order valence-electron chi connectivity index (χ4n) is 3.42. The summed E-state index contributed by atoms with van der Waals surface area (Å²) in [6, 6.07) is 0.541. The average molecular weight is 303 g/mol. The molecule has 3 saturated heterocycles. The highest BCUT2D eigenvalue weighted by Crippen LogP contribution is 2.43. The maximum atomic E-state index is 11.7. The first-order valence-electron chi connectivity index (χ1n) is 6.93. The number of aliphatic carboxylic acids is 1. The molecule has 0 radical (unpaired) electrons. The molecule has 0 unspecified atom stereocenters. The molecule has 0 aromatic rings. The average Bonchev–Trinajstić information content (AvgIpc) is 2.61. The quantitative estimate of drug-likeness (QED) is 0.829. The smallest absolute Gasteiger partial charge is 0.313 e. The van der Waals surface area contributed by atoms with Gasteiger partial charge < -0.3 is 9.84 Å². The largest absolute Gasteiger partial charge is 0.481 e. The first-order chi connectivity index (χ1) is 9.22. The number of rotatable bonds is 2. The standard InChI is InChI=1S/C13H21NO3S2/c15-12(16)13-8-14(5-10(13)1-2-17-9-13)11-6-18-3-4-19-7-11/h10-11H,1-9H2,(H,15,16)/t10-,13+/m0/s1. The van der Waals surface area contributed by atoms with Crippen LogP contribution in [0.2, 0.25) is 0 Å². The highest BCUT2D eigenvalue weighted by molar-refractivity contribution is 8.03. The van der Waals surface area contributed by atoms with Crippen LogP contribution < -0.4 is 0 Å². The molecule has 4 nitrogen and oxygen atoms in total. The number of likely N-dealkylation sites (tertiary alicyclic amines) is 1. The number of ether oxygens (including phenoxy) is 1. The van der Waals surface area contributed by atoms with E-state index in [4.69, 9.17) is 4.74 Å². The summed E-state index contributed by atoms with van der Waals surface area (Å²) < 4.78 is 5.49. The van der Waals surface area contributed by atoms with Gasteiger partial charge in [0.25, 0.3) is 0 Å². The van der Waals surface area contributed by atoms with E-state index in [-0.39, 0.29) is 5.92 Å². The van der Waals surface area contributed by atoms with Gasteiger partial charge in [0.15, 0.2) is 0 Å². The van der Waals surface area contributed by atoms with Crippen LogP contribution in [-0.2, 0) is 9.53 Å². The molecule has 0 aromatic heterocycles. The lowest BCUT2D eigenvalue weighted by atomic mass is 9.76. The SMILES string of the molecule is O=C(O)[C@]12COCC[C@H]1CN(C1CSCCSC1)C2. The molecule has 1 N–H and O–H groups in total. The van der Waals surface area contributed by atoms with Crippen molar-refractivity contribution >= 4 is 29.5 Å². The number of hydrogen-bond donors (Lipinski definition) is 1. The van der Waals surface area contributed by atoms with Gasteiger partial charge >= 0.3 is 5.97 Å². The van der Waals surface area contributed by atoms with Gasteiger partial charge in [-0.15, -0.1) is 0 Å². The first-order valence-corrected chi connectivity index (χ1v) is 9.24. The van der Waals surface area contributed by atoms with Crippen LogP contribution in [-0.4, -0.2) is 71.3 Å². The van der Waals surface area contributed by atoms with E-state index in [1.54, 1.807) is 0 Å². The second-order valence-corrected chi connectivity index (χ2v) is 8.03. The second kappa shape index (κ2) is 5.84. The van der Waals surface area contributed by atoms with Gasteiger partial charge in [-0.3, -0.25) is 9.69 Å². The van der Waals surface area contributed by atoms with Crippen molar-refractivity contribution in [2.75, 3.05) is 49.3 Å². The van der Waals surface area contributed by atoms with Crippen LogP contribution in [0.4, 0.5) is 0 Å². The maximum absolute atomic E-state index is 11.7. The van der Waals surface area contributed by atoms with E-state index in [0.29, 0.717) is 19.2 Å². The number of carboxylic acids is 1. The van der Waals surface area contributed by atoms with E-state index in [1.807, 2.05) is 23.5 Å². The van der Waals surface area contributed by atoms with Crippen molar-refractivity contribution in [3.05, 3.63) is 0 Å². The number of thioether (sulfide) groups is 2. The van der Waals surface area contributed by atoms with Crippen LogP contribution in [0.3, 0.4) is 0 Å². The summed E-state index contributed by atoms with van der Waals surface area (Å²) >= 11 is 4.02. The zero-order valence-electron chi connectivity index (χ0n) is 11.0. The Morgan fingerprint density at radius 1 is 1.32 bits per heavy atom. The van der Waals surface area contributed by atoms with Gasteiger partial charge in [-0.1, -0.05) is 0 Å². The Hall–Kier alpha value is 0.0900. The van der Waals surface area contributed by atoms with Crippen molar-refractivity contribution < 1.29 is 14.6 Å². The third-order valence-electron chi connectivity index (χ3n) is 4.63. The molecule has 2 atom stereocenters. The molecular formula is C13H21NO3S2. The normalized spacial score (nSPS) is 37.8. The Morgan fingerprint density at radius 2 is 2.05 bits per heavy atom. The summed E-state index contributed by atoms with van der Waals surface area (Å²) in [5.41, 5.74) is -0.639. The monoisotopic (exact) mass is 303 g/mol. The molecule has 19 heavy (non-hydrogen) atoms. The summed E-state index contributed by atoms with van der Waals surface area (Å²) in [5, 5.41) is 9.65. The van der Waals surface area contributed by atoms with E-state index in [2.05, 4.69) is 4.90 Å². The summed E-state index contributed by atoms with van der Waals surface area (Å²) in [7, 11) is 0. The van der Waals surface area contributed by atoms with Crippen LogP contribution in [0.15, 0.2) is 0 Å². The number of nitrogens with zero attached hydrogens (tertiary/aromatic N) is 1. The Bertz CT molecular complexity index is 347. The minimum Gasteiger partial charge on any atom is -0.481 e. The van der Waals surface area contributed by atoms with Crippen molar-refractivity contribution in [3.8, 4) is 0 Å². The van der Waals surface area contributed by atoms with Crippen molar-refractivity contribution in [3.63, 3.8) is 0 Å². The zero-order valence-corrected chi connectivity index (χ0v) is 12.7. The molecular weight excluding hydrogens is 282 g/mol. The predicted molar refractivity (Wildman–Crippen MR) is 79.0 cm³/mol. The van der Waals surface area contributed by atoms with Crippen LogP contribution >= 0.6 is 23.5 Å². The number of fused-ring (bicyclic) bond motifs is 1. The lowest BCUT2D eigenvalue weighted by molar-refractivity contribution is -0.159. The van der Waals surface area contributed by atoms with Crippen molar-refractivity contribution in [1.82, 2.24) is 4.90 Å². The molecule has 0 saturated carbocycles. The van der Waals surface area contributed by atoms with Crippen molar-refractivity contribution in [2.45, 2.75) is 12.5 Å². The zero-order chi connectivity index (χ0) is 13.3. The van der Waals surface area contributed by atoms with Gasteiger partial charge in [-0.25, -0.2) is 0 Å². The Labute approximate surface area is 122 Å². The Balaban J connectivity index is 1.74. The molecule has 3 aliphatic heterocycles. The number of hydrogen-bond acceptors (Lipinski definition) is 5. The molecule has 3 heterocycles. The summed E-state index contributed by atoms with van der Waals surface area (Å²) in [6.07, 6.45) is 0.899. The van der Waals surface area contributed by atoms with Crippen molar-refractivity contribution in [2.24, 2.45) is 11.3 Å². The first kappa shape index (κ1) is 14.0. The van der Waals surface area contributed by atoms with Gasteiger partial charge in [0.2, 0.25) is 0 Å². The summed E-state index contributed by atoms with van der Waals surface area (Å²) in [6.45, 7) is 2.75. The van der Waals surface area contributed by atoms with Crippen LogP contribution in [0, 0.1) is 11.3 Å². The molecule has 0 aliphatic carbocycles. The maximum Gasteiger partial charge on any atom is 0.313 e. The lowest BCUT2D eigenvalue weighted by Crippen LogP contribution is -2.47. The highest BCUT2D eigenvalue weighted by atomic mass is 32.2.